The van der Waals surface area contributed by atoms with Crippen LogP contribution < -0.4 is 0 Å². The van der Waals surface area contributed by atoms with Gasteiger partial charge in [-0.15, -0.1) is 0 Å². The monoisotopic (exact) mass is 394 g/mol. The summed E-state index contributed by atoms with van der Waals surface area (Å²) >= 11 is 0. The molecule has 148 valence electrons. The Morgan fingerprint density at radius 2 is 1.23 bits per heavy atom. The zero-order valence-corrected chi connectivity index (χ0v) is 16.5. The van der Waals surface area contributed by atoms with Gasteiger partial charge < -0.3 is 9.67 Å². The number of nitrogens with zero attached hydrogens (tertiary/aromatic N) is 2. The zero-order valence-electron chi connectivity index (χ0n) is 16.5. The molecular weight excluding hydrogens is 372 g/mol. The van der Waals surface area contributed by atoms with Crippen LogP contribution in [-0.4, -0.2) is 26.0 Å². The average Bonchev–Trinajstić information content (AvgIpc) is 3.38. The number of imidazole rings is 1. The van der Waals surface area contributed by atoms with Gasteiger partial charge in [-0.1, -0.05) is 91.0 Å². The van der Waals surface area contributed by atoms with E-state index in [1.165, 1.54) is 0 Å². The molecule has 5 rings (SSSR count). The molecule has 1 aliphatic carbocycles. The number of ketones is 1. The van der Waals surface area contributed by atoms with Gasteiger partial charge in [-0.05, 0) is 29.5 Å². The van der Waals surface area contributed by atoms with Gasteiger partial charge in [0.25, 0.3) is 0 Å². The second-order valence-corrected chi connectivity index (χ2v) is 7.82. The van der Waals surface area contributed by atoms with Gasteiger partial charge in [0.05, 0.1) is 12.5 Å². The van der Waals surface area contributed by atoms with Crippen LogP contribution in [-0.2, 0) is 5.54 Å². The summed E-state index contributed by atoms with van der Waals surface area (Å²) in [5.74, 6) is -0.271. The van der Waals surface area contributed by atoms with E-state index in [1.807, 2.05) is 59.2 Å². The fourth-order valence-electron chi connectivity index (χ4n) is 4.27. The molecule has 30 heavy (non-hydrogen) atoms. The summed E-state index contributed by atoms with van der Waals surface area (Å²) in [7, 11) is 0. The number of hydrogen-bond donors (Lipinski definition) is 1. The number of Topliss-reactive ketones (excluding diaryl/α,β-unsaturated/α-hetero) is 1. The Bertz CT molecular complexity index is 1070. The average molecular weight is 394 g/mol. The second-order valence-electron chi connectivity index (χ2n) is 7.82. The molecule has 3 aromatic carbocycles. The minimum absolute atomic E-state index is 0.271. The molecule has 0 spiro atoms. The molecule has 1 saturated carbocycles. The van der Waals surface area contributed by atoms with E-state index < -0.39 is 11.1 Å². The molecule has 1 heterocycles. The number of benzene rings is 3. The highest BCUT2D eigenvalue weighted by Crippen LogP contribution is 2.44. The fraction of sp³-hybridized carbons (Fsp3) is 0.154. The number of carbonyl (C=O) groups excluding carboxylic acids is 1. The molecule has 4 nitrogen and oxygen atoms in total. The van der Waals surface area contributed by atoms with Crippen molar-refractivity contribution in [3.8, 4) is 0 Å². The third-order valence-electron chi connectivity index (χ3n) is 5.95. The molecule has 0 amide bonds. The summed E-state index contributed by atoms with van der Waals surface area (Å²) in [6.45, 7) is 0. The zero-order chi connectivity index (χ0) is 20.6. The van der Waals surface area contributed by atoms with Gasteiger partial charge in [-0.3, -0.25) is 4.79 Å². The van der Waals surface area contributed by atoms with Crippen LogP contribution in [0.15, 0.2) is 104 Å². The number of rotatable bonds is 6. The molecular formula is C26H22N2O2. The lowest BCUT2D eigenvalue weighted by molar-refractivity contribution is 0.0677. The first-order chi connectivity index (χ1) is 14.7. The van der Waals surface area contributed by atoms with Gasteiger partial charge in [-0.2, -0.15) is 0 Å². The van der Waals surface area contributed by atoms with Crippen LogP contribution in [0, 0.1) is 0 Å². The van der Waals surface area contributed by atoms with E-state index in [0.717, 1.165) is 16.7 Å². The second kappa shape index (κ2) is 7.08. The van der Waals surface area contributed by atoms with Gasteiger partial charge in [0, 0.05) is 0 Å². The van der Waals surface area contributed by atoms with Crippen LogP contribution in [0.5, 0.6) is 0 Å². The van der Waals surface area contributed by atoms with Crippen molar-refractivity contribution < 1.29 is 9.90 Å². The van der Waals surface area contributed by atoms with E-state index in [4.69, 9.17) is 0 Å². The topological polar surface area (TPSA) is 55.1 Å². The third-order valence-corrected chi connectivity index (χ3v) is 5.95. The van der Waals surface area contributed by atoms with Crippen molar-refractivity contribution in [1.82, 2.24) is 9.55 Å². The highest BCUT2D eigenvalue weighted by Gasteiger charge is 2.51. The van der Waals surface area contributed by atoms with Crippen LogP contribution >= 0.6 is 0 Å². The van der Waals surface area contributed by atoms with E-state index >= 15 is 0 Å². The molecule has 4 aromatic rings. The lowest BCUT2D eigenvalue weighted by Crippen LogP contribution is -2.40. The molecule has 4 heteroatoms. The normalized spacial score (nSPS) is 15.0. The smallest absolute Gasteiger partial charge is 0.212 e. The van der Waals surface area contributed by atoms with Crippen LogP contribution in [0.2, 0.25) is 0 Å². The van der Waals surface area contributed by atoms with E-state index in [2.05, 4.69) is 41.4 Å². The van der Waals surface area contributed by atoms with Crippen LogP contribution in [0.3, 0.4) is 0 Å². The summed E-state index contributed by atoms with van der Waals surface area (Å²) in [4.78, 5) is 17.6. The lowest BCUT2D eigenvalue weighted by atomic mass is 9.76. The fourth-order valence-corrected chi connectivity index (χ4v) is 4.27. The number of aliphatic hydroxyl groups is 1. The standard InChI is InChI=1S/C26H22N2O2/c29-24(25(30)16-17-25)23-18-27-19-28(23)26(20-10-4-1-5-11-20,21-12-6-2-7-13-21)22-14-8-3-9-15-22/h1-15,18-19,30H,16-17H2. The first-order valence-electron chi connectivity index (χ1n) is 10.1. The molecule has 0 radical (unpaired) electrons. The molecule has 0 unspecified atom stereocenters. The Balaban J connectivity index is 1.87. The Morgan fingerprint density at radius 1 is 0.800 bits per heavy atom. The third kappa shape index (κ3) is 2.80. The molecule has 1 N–H and O–H groups in total. The Labute approximate surface area is 175 Å². The van der Waals surface area contributed by atoms with Crippen molar-refractivity contribution in [2.24, 2.45) is 0 Å². The molecule has 1 aliphatic rings. The molecule has 1 aromatic heterocycles. The maximum absolute atomic E-state index is 13.2. The number of aromatic nitrogens is 2. The molecule has 0 saturated heterocycles. The predicted molar refractivity (Wildman–Crippen MR) is 115 cm³/mol. The highest BCUT2D eigenvalue weighted by atomic mass is 16.3. The predicted octanol–water partition coefficient (Wildman–Crippen LogP) is 4.43. The van der Waals surface area contributed by atoms with Crippen molar-refractivity contribution in [3.05, 3.63) is 126 Å². The molecule has 0 bridgehead atoms. The van der Waals surface area contributed by atoms with Gasteiger partial charge in [0.1, 0.15) is 16.8 Å². The lowest BCUT2D eigenvalue weighted by Gasteiger charge is -2.38. The minimum atomic E-state index is -1.27. The number of hydrogen-bond acceptors (Lipinski definition) is 3. The van der Waals surface area contributed by atoms with Crippen molar-refractivity contribution in [3.63, 3.8) is 0 Å². The van der Waals surface area contributed by atoms with Gasteiger partial charge in [0.2, 0.25) is 5.78 Å². The van der Waals surface area contributed by atoms with E-state index in [9.17, 15) is 9.90 Å². The molecule has 0 atom stereocenters. The van der Waals surface area contributed by atoms with Gasteiger partial charge in [0.15, 0.2) is 0 Å². The quantitative estimate of drug-likeness (QED) is 0.389. The Hall–Kier alpha value is -3.50. The SMILES string of the molecule is O=C(c1cncn1C(c1ccccc1)(c1ccccc1)c1ccccc1)C1(O)CC1. The Kier molecular flexibility index (Phi) is 4.37. The van der Waals surface area contributed by atoms with Gasteiger partial charge in [-0.25, -0.2) is 4.98 Å². The summed E-state index contributed by atoms with van der Waals surface area (Å²) in [5.41, 5.74) is 1.36. The van der Waals surface area contributed by atoms with Crippen molar-refractivity contribution in [2.45, 2.75) is 24.0 Å². The highest BCUT2D eigenvalue weighted by molar-refractivity contribution is 6.03. The first-order valence-corrected chi connectivity index (χ1v) is 10.1. The number of carbonyl (C=O) groups is 1. The molecule has 0 aliphatic heterocycles. The van der Waals surface area contributed by atoms with Crippen LogP contribution in [0.4, 0.5) is 0 Å². The Morgan fingerprint density at radius 3 is 1.63 bits per heavy atom. The van der Waals surface area contributed by atoms with Crippen molar-refractivity contribution >= 4 is 5.78 Å². The minimum Gasteiger partial charge on any atom is -0.382 e. The largest absolute Gasteiger partial charge is 0.382 e. The van der Waals surface area contributed by atoms with Gasteiger partial charge >= 0.3 is 0 Å². The summed E-state index contributed by atoms with van der Waals surface area (Å²) in [5, 5.41) is 10.6. The van der Waals surface area contributed by atoms with Crippen molar-refractivity contribution in [1.29, 1.82) is 0 Å². The maximum Gasteiger partial charge on any atom is 0.212 e. The van der Waals surface area contributed by atoms with Crippen LogP contribution in [0.1, 0.15) is 40.0 Å². The first kappa shape index (κ1) is 18.5. The molecule has 1 fully saturated rings. The van der Waals surface area contributed by atoms with E-state index in [-0.39, 0.29) is 5.78 Å². The summed E-state index contributed by atoms with van der Waals surface area (Å²) < 4.78 is 1.92. The summed E-state index contributed by atoms with van der Waals surface area (Å²) in [6.07, 6.45) is 4.26. The van der Waals surface area contributed by atoms with E-state index in [0.29, 0.717) is 18.5 Å². The van der Waals surface area contributed by atoms with Crippen LogP contribution in [0.25, 0.3) is 0 Å². The summed E-state index contributed by atoms with van der Waals surface area (Å²) in [6, 6.07) is 30.4. The van der Waals surface area contributed by atoms with Crippen molar-refractivity contribution in [2.75, 3.05) is 0 Å². The maximum atomic E-state index is 13.2. The van der Waals surface area contributed by atoms with E-state index in [1.54, 1.807) is 12.5 Å².